The molecule has 33 heavy (non-hydrogen) atoms. The number of aromatic nitrogens is 3. The number of benzene rings is 2. The highest BCUT2D eigenvalue weighted by Gasteiger charge is 2.17. The van der Waals surface area contributed by atoms with Gasteiger partial charge in [-0.3, -0.25) is 9.78 Å². The van der Waals surface area contributed by atoms with E-state index in [2.05, 4.69) is 9.97 Å². The largest absolute Gasteiger partial charge is 0.481 e. The zero-order chi connectivity index (χ0) is 23.1. The number of methoxy groups -OCH3 is 1. The second kappa shape index (κ2) is 8.10. The summed E-state index contributed by atoms with van der Waals surface area (Å²) in [4.78, 5) is 33.3. The van der Waals surface area contributed by atoms with Crippen LogP contribution in [0.4, 0.5) is 8.78 Å². The molecule has 0 aliphatic heterocycles. The fourth-order valence-corrected chi connectivity index (χ4v) is 4.58. The molecule has 0 radical (unpaired) electrons. The van der Waals surface area contributed by atoms with Gasteiger partial charge in [0.15, 0.2) is 11.6 Å². The number of aromatic amines is 1. The predicted molar refractivity (Wildman–Crippen MR) is 123 cm³/mol. The highest BCUT2D eigenvalue weighted by molar-refractivity contribution is 7.17. The van der Waals surface area contributed by atoms with Crippen LogP contribution in [-0.4, -0.2) is 21.6 Å². The lowest BCUT2D eigenvalue weighted by atomic mass is 10.0. The van der Waals surface area contributed by atoms with Gasteiger partial charge in [-0.2, -0.15) is 0 Å². The summed E-state index contributed by atoms with van der Waals surface area (Å²) in [6.07, 6.45) is 1.45. The summed E-state index contributed by atoms with van der Waals surface area (Å²) in [7, 11) is 1.45. The van der Waals surface area contributed by atoms with Crippen LogP contribution in [0.3, 0.4) is 0 Å². The topological polar surface area (TPSA) is 77.0 Å². The molecule has 0 saturated carbocycles. The molecule has 1 N–H and O–H groups in total. The van der Waals surface area contributed by atoms with E-state index in [1.807, 2.05) is 0 Å². The average Bonchev–Trinajstić information content (AvgIpc) is 3.25. The zero-order valence-corrected chi connectivity index (χ0v) is 18.0. The van der Waals surface area contributed by atoms with Crippen molar-refractivity contribution in [3.8, 4) is 33.8 Å². The van der Waals surface area contributed by atoms with E-state index >= 15 is 0 Å². The molecular weight excluding hydrogens is 448 g/mol. The molecule has 2 aromatic carbocycles. The lowest BCUT2D eigenvalue weighted by molar-refractivity contribution is 0.397. The van der Waals surface area contributed by atoms with Crippen LogP contribution in [-0.2, 0) is 0 Å². The lowest BCUT2D eigenvalue weighted by Gasteiger charge is -2.08. The molecule has 0 saturated heterocycles. The second-order valence-corrected chi connectivity index (χ2v) is 8.07. The Morgan fingerprint density at radius 1 is 0.939 bits per heavy atom. The van der Waals surface area contributed by atoms with E-state index in [1.54, 1.807) is 35.7 Å². The highest BCUT2D eigenvalue weighted by Crippen LogP contribution is 2.32. The maximum Gasteiger partial charge on any atom is 0.334 e. The molecular formula is C24H15F2N3O3S. The van der Waals surface area contributed by atoms with Crippen molar-refractivity contribution in [3.05, 3.63) is 98.6 Å². The maximum atomic E-state index is 13.6. The van der Waals surface area contributed by atoms with Crippen LogP contribution in [0, 0.1) is 11.6 Å². The Balaban J connectivity index is 1.63. The number of thiophene rings is 1. The van der Waals surface area contributed by atoms with Gasteiger partial charge in [-0.25, -0.2) is 23.1 Å². The molecule has 0 spiro atoms. The molecule has 0 bridgehead atoms. The number of nitrogens with zero attached hydrogens (tertiary/aromatic N) is 2. The minimum absolute atomic E-state index is 0.275. The molecule has 3 heterocycles. The monoisotopic (exact) mass is 463 g/mol. The van der Waals surface area contributed by atoms with Crippen LogP contribution < -0.4 is 16.0 Å². The number of ether oxygens (including phenoxy) is 1. The third-order valence-electron chi connectivity index (χ3n) is 5.27. The molecule has 0 amide bonds. The number of hydrogen-bond acceptors (Lipinski definition) is 5. The molecule has 164 valence electrons. The van der Waals surface area contributed by atoms with Crippen LogP contribution in [0.15, 0.2) is 75.8 Å². The smallest absolute Gasteiger partial charge is 0.334 e. The molecule has 5 rings (SSSR count). The SMILES string of the molecule is COc1cc(-n2c(=O)[nH]c3scc(-c4ccc(-c5ccc(F)c(F)c5)cc4)c3c2=O)ccn1. The van der Waals surface area contributed by atoms with Crippen molar-refractivity contribution in [3.63, 3.8) is 0 Å². The number of halogens is 2. The number of H-pyrrole nitrogens is 1. The average molecular weight is 463 g/mol. The van der Waals surface area contributed by atoms with Crippen molar-refractivity contribution in [2.45, 2.75) is 0 Å². The van der Waals surface area contributed by atoms with E-state index in [4.69, 9.17) is 4.74 Å². The van der Waals surface area contributed by atoms with Gasteiger partial charge in [-0.1, -0.05) is 30.3 Å². The first kappa shape index (κ1) is 20.8. The van der Waals surface area contributed by atoms with Crippen molar-refractivity contribution >= 4 is 21.6 Å². The zero-order valence-electron chi connectivity index (χ0n) is 17.1. The van der Waals surface area contributed by atoms with Gasteiger partial charge in [0.05, 0.1) is 18.2 Å². The Bertz CT molecular complexity index is 1620. The Hall–Kier alpha value is -4.11. The summed E-state index contributed by atoms with van der Waals surface area (Å²) in [6.45, 7) is 0. The van der Waals surface area contributed by atoms with Gasteiger partial charge in [0.1, 0.15) is 4.83 Å². The quantitative estimate of drug-likeness (QED) is 0.417. The van der Waals surface area contributed by atoms with Crippen LogP contribution in [0.2, 0.25) is 0 Å². The van der Waals surface area contributed by atoms with Crippen LogP contribution in [0.5, 0.6) is 5.88 Å². The van der Waals surface area contributed by atoms with E-state index in [-0.39, 0.29) is 5.88 Å². The van der Waals surface area contributed by atoms with Gasteiger partial charge >= 0.3 is 5.69 Å². The van der Waals surface area contributed by atoms with Crippen LogP contribution in [0.1, 0.15) is 0 Å². The molecule has 0 fully saturated rings. The molecule has 0 unspecified atom stereocenters. The van der Waals surface area contributed by atoms with Crippen LogP contribution in [0.25, 0.3) is 38.2 Å². The van der Waals surface area contributed by atoms with E-state index in [0.717, 1.165) is 22.3 Å². The van der Waals surface area contributed by atoms with E-state index in [0.29, 0.717) is 32.6 Å². The van der Waals surface area contributed by atoms with Crippen molar-refractivity contribution < 1.29 is 13.5 Å². The number of nitrogens with one attached hydrogen (secondary N) is 1. The van der Waals surface area contributed by atoms with Gasteiger partial charge in [-0.15, -0.1) is 11.3 Å². The van der Waals surface area contributed by atoms with Crippen molar-refractivity contribution in [1.82, 2.24) is 14.5 Å². The number of pyridine rings is 1. The molecule has 9 heteroatoms. The fourth-order valence-electron chi connectivity index (χ4n) is 3.63. The minimum atomic E-state index is -0.919. The first-order chi connectivity index (χ1) is 16.0. The standard InChI is InChI=1S/C24H15F2N3O3S/c1-32-20-11-16(8-9-27-20)29-23(30)21-17(12-33-22(21)28-24(29)31)14-4-2-13(3-5-14)15-6-7-18(25)19(26)10-15/h2-12H,1H3,(H,28,31). The molecule has 0 atom stereocenters. The van der Waals surface area contributed by atoms with Gasteiger partial charge in [-0.05, 0) is 34.9 Å². The number of rotatable bonds is 4. The third kappa shape index (κ3) is 3.62. The van der Waals surface area contributed by atoms with E-state index in [9.17, 15) is 18.4 Å². The third-order valence-corrected chi connectivity index (χ3v) is 6.16. The van der Waals surface area contributed by atoms with Gasteiger partial charge in [0.2, 0.25) is 5.88 Å². The van der Waals surface area contributed by atoms with Gasteiger partial charge in [0, 0.05) is 23.2 Å². The van der Waals surface area contributed by atoms with E-state index in [1.165, 1.54) is 36.8 Å². The van der Waals surface area contributed by atoms with Crippen molar-refractivity contribution in [2.75, 3.05) is 7.11 Å². The first-order valence-electron chi connectivity index (χ1n) is 9.79. The summed E-state index contributed by atoms with van der Waals surface area (Å²) in [5.74, 6) is -1.55. The summed E-state index contributed by atoms with van der Waals surface area (Å²) in [5, 5.41) is 2.17. The Kier molecular flexibility index (Phi) is 5.10. The molecule has 5 aromatic rings. The lowest BCUT2D eigenvalue weighted by Crippen LogP contribution is -2.33. The first-order valence-corrected chi connectivity index (χ1v) is 10.7. The van der Waals surface area contributed by atoms with E-state index < -0.39 is 22.9 Å². The fraction of sp³-hybridized carbons (Fsp3) is 0.0417. The molecule has 0 aliphatic carbocycles. The maximum absolute atomic E-state index is 13.6. The van der Waals surface area contributed by atoms with Crippen molar-refractivity contribution in [1.29, 1.82) is 0 Å². The molecule has 0 aliphatic rings. The predicted octanol–water partition coefficient (Wildman–Crippen LogP) is 4.76. The van der Waals surface area contributed by atoms with Gasteiger partial charge in [0.25, 0.3) is 5.56 Å². The Labute approximate surface area is 189 Å². The Morgan fingerprint density at radius 3 is 2.39 bits per heavy atom. The normalized spacial score (nSPS) is 11.1. The minimum Gasteiger partial charge on any atom is -0.481 e. The summed E-state index contributed by atoms with van der Waals surface area (Å²) < 4.78 is 33.0. The van der Waals surface area contributed by atoms with Gasteiger partial charge < -0.3 is 4.74 Å². The second-order valence-electron chi connectivity index (χ2n) is 7.19. The number of hydrogen-bond donors (Lipinski definition) is 1. The number of fused-ring (bicyclic) bond motifs is 1. The molecule has 3 aromatic heterocycles. The van der Waals surface area contributed by atoms with Crippen LogP contribution >= 0.6 is 11.3 Å². The van der Waals surface area contributed by atoms with Crippen molar-refractivity contribution in [2.24, 2.45) is 0 Å². The Morgan fingerprint density at radius 2 is 1.67 bits per heavy atom. The summed E-state index contributed by atoms with van der Waals surface area (Å²) >= 11 is 1.26. The highest BCUT2D eigenvalue weighted by atomic mass is 32.1. The molecule has 6 nitrogen and oxygen atoms in total. The summed E-state index contributed by atoms with van der Waals surface area (Å²) in [6, 6.07) is 13.9. The summed E-state index contributed by atoms with van der Waals surface area (Å²) in [5.41, 5.74) is 1.94.